The maximum Gasteiger partial charge on any atom is 0.412 e. The zero-order valence-electron chi connectivity index (χ0n) is 36.8. The molecule has 2 saturated carbocycles. The van der Waals surface area contributed by atoms with E-state index in [0.29, 0.717) is 41.8 Å². The smallest absolute Gasteiger partial charge is 0.412 e. The number of rotatable bonds is 9. The van der Waals surface area contributed by atoms with Crippen molar-refractivity contribution in [1.29, 1.82) is 0 Å². The normalized spacial score (nSPS) is 23.7. The summed E-state index contributed by atoms with van der Waals surface area (Å²) in [6.45, 7) is 21.8. The summed E-state index contributed by atoms with van der Waals surface area (Å²) in [4.78, 5) is 50.9. The molecule has 2 fully saturated rings. The Bertz CT molecular complexity index is 1890. The molecule has 10 heteroatoms. The molecule has 2 aliphatic heterocycles. The molecule has 0 bridgehead atoms. The highest BCUT2D eigenvalue weighted by atomic mass is 16.6. The standard InChI is InChI=1S/C24H34N2O3.C21H29NO2.C3H5NO/c1-6-17-13-16(5)14-18(7-2)19(17)20-21(29-23(28)25-8-3)24(26-22(20)27)11-9-15(4)10-12-24;1-5-15-11-14(4)12-16(6-2)17(15)18-19(23)21(22-20(18)24)9-7-13(3)8-10-21;1-2-4-3-5/h13-15H,6-12H2,1-5H3,(H,25,28)(H,26,27);11-13,23H,5-10H2,1-4H3,(H,22,24);2H2,1H3. The van der Waals surface area contributed by atoms with Crippen LogP contribution in [0, 0.1) is 25.7 Å². The predicted octanol–water partition coefficient (Wildman–Crippen LogP) is 9.47. The molecule has 3 amide bonds. The van der Waals surface area contributed by atoms with Crippen LogP contribution in [0.2, 0.25) is 0 Å². The summed E-state index contributed by atoms with van der Waals surface area (Å²) in [5.41, 5.74) is 8.87. The zero-order valence-corrected chi connectivity index (χ0v) is 36.8. The minimum Gasteiger partial charge on any atom is -0.509 e. The molecule has 4 N–H and O–H groups in total. The van der Waals surface area contributed by atoms with Gasteiger partial charge in [0.05, 0.1) is 22.2 Å². The lowest BCUT2D eigenvalue weighted by Gasteiger charge is -2.37. The molecule has 2 spiro atoms. The Hall–Kier alpha value is -4.69. The highest BCUT2D eigenvalue weighted by Gasteiger charge is 2.50. The Kier molecular flexibility index (Phi) is 16.1. The van der Waals surface area contributed by atoms with Crippen molar-refractivity contribution in [1.82, 2.24) is 16.0 Å². The molecule has 2 aromatic rings. The van der Waals surface area contributed by atoms with Crippen LogP contribution < -0.4 is 16.0 Å². The van der Waals surface area contributed by atoms with E-state index in [9.17, 15) is 19.5 Å². The number of ether oxygens (including phenoxy) is 1. The molecule has 10 nitrogen and oxygen atoms in total. The van der Waals surface area contributed by atoms with Crippen molar-refractivity contribution >= 4 is 35.1 Å². The second kappa shape index (κ2) is 20.3. The predicted molar refractivity (Wildman–Crippen MR) is 232 cm³/mol. The number of hydrogen-bond donors (Lipinski definition) is 4. The van der Waals surface area contributed by atoms with E-state index in [-0.39, 0.29) is 17.6 Å². The first-order chi connectivity index (χ1) is 27.7. The summed E-state index contributed by atoms with van der Waals surface area (Å²) in [6, 6.07) is 8.59. The number of benzene rings is 2. The van der Waals surface area contributed by atoms with Gasteiger partial charge in [0.15, 0.2) is 0 Å². The van der Waals surface area contributed by atoms with Crippen molar-refractivity contribution in [3.8, 4) is 0 Å². The van der Waals surface area contributed by atoms with Crippen LogP contribution in [0.4, 0.5) is 4.79 Å². The highest BCUT2D eigenvalue weighted by molar-refractivity contribution is 6.25. The average molecular weight is 797 g/mol. The third-order valence-electron chi connectivity index (χ3n) is 12.4. The van der Waals surface area contributed by atoms with E-state index < -0.39 is 17.2 Å². The highest BCUT2D eigenvalue weighted by Crippen LogP contribution is 2.47. The summed E-state index contributed by atoms with van der Waals surface area (Å²) in [5.74, 6) is 1.87. The quantitative estimate of drug-likeness (QED) is 0.147. The van der Waals surface area contributed by atoms with Crippen LogP contribution in [0.25, 0.3) is 11.1 Å². The van der Waals surface area contributed by atoms with E-state index in [4.69, 9.17) is 9.53 Å². The Morgan fingerprint density at radius 3 is 1.52 bits per heavy atom. The molecule has 2 aromatic carbocycles. The number of aryl methyl sites for hydroxylation is 6. The number of amides is 3. The van der Waals surface area contributed by atoms with Gasteiger partial charge in [0, 0.05) is 13.1 Å². The number of aliphatic hydroxyl groups excluding tert-OH is 1. The van der Waals surface area contributed by atoms with Crippen molar-refractivity contribution in [3.05, 3.63) is 80.3 Å². The van der Waals surface area contributed by atoms with Gasteiger partial charge in [-0.1, -0.05) is 76.9 Å². The van der Waals surface area contributed by atoms with Crippen molar-refractivity contribution in [2.75, 3.05) is 13.1 Å². The Balaban J connectivity index is 0.000000233. The average Bonchev–Trinajstić information content (AvgIpc) is 3.60. The lowest BCUT2D eigenvalue weighted by molar-refractivity contribution is -0.117. The van der Waals surface area contributed by atoms with E-state index in [1.54, 1.807) is 6.92 Å². The summed E-state index contributed by atoms with van der Waals surface area (Å²) in [7, 11) is 0. The summed E-state index contributed by atoms with van der Waals surface area (Å²) in [5, 5.41) is 20.2. The summed E-state index contributed by atoms with van der Waals surface area (Å²) >= 11 is 0. The van der Waals surface area contributed by atoms with Gasteiger partial charge in [0.2, 0.25) is 6.08 Å². The third-order valence-corrected chi connectivity index (χ3v) is 12.4. The minimum atomic E-state index is -0.578. The molecular weight excluding hydrogens is 729 g/mol. The Morgan fingerprint density at radius 2 is 1.14 bits per heavy atom. The number of nitrogens with zero attached hydrogens (tertiary/aromatic N) is 1. The summed E-state index contributed by atoms with van der Waals surface area (Å²) < 4.78 is 5.89. The van der Waals surface area contributed by atoms with Crippen LogP contribution in [-0.2, 0) is 44.8 Å². The number of carbonyl (C=O) groups is 3. The molecule has 0 saturated heterocycles. The topological polar surface area (TPSA) is 146 Å². The van der Waals surface area contributed by atoms with E-state index in [1.807, 2.05) is 6.92 Å². The fourth-order valence-corrected chi connectivity index (χ4v) is 9.18. The lowest BCUT2D eigenvalue weighted by atomic mass is 9.76. The van der Waals surface area contributed by atoms with Gasteiger partial charge >= 0.3 is 6.09 Å². The molecule has 2 aliphatic carbocycles. The minimum absolute atomic E-state index is 0.102. The van der Waals surface area contributed by atoms with E-state index >= 15 is 0 Å². The fourth-order valence-electron chi connectivity index (χ4n) is 9.18. The molecule has 58 heavy (non-hydrogen) atoms. The van der Waals surface area contributed by atoms with Crippen LogP contribution in [0.15, 0.2) is 40.8 Å². The second-order valence-corrected chi connectivity index (χ2v) is 16.7. The number of alkyl carbamates (subject to hydrolysis) is 1. The Labute approximate surface area is 346 Å². The van der Waals surface area contributed by atoms with Gasteiger partial charge in [-0.15, -0.1) is 0 Å². The van der Waals surface area contributed by atoms with Crippen LogP contribution in [0.3, 0.4) is 0 Å². The maximum absolute atomic E-state index is 13.3. The van der Waals surface area contributed by atoms with Gasteiger partial charge in [-0.05, 0) is 150 Å². The van der Waals surface area contributed by atoms with Crippen LogP contribution in [0.5, 0.6) is 0 Å². The van der Waals surface area contributed by atoms with E-state index in [0.717, 1.165) is 110 Å². The van der Waals surface area contributed by atoms with Gasteiger partial charge in [-0.25, -0.2) is 14.6 Å². The maximum atomic E-state index is 13.3. The molecule has 0 unspecified atom stereocenters. The molecule has 0 aromatic heterocycles. The van der Waals surface area contributed by atoms with Gasteiger partial charge in [0.25, 0.3) is 11.8 Å². The first kappa shape index (κ1) is 46.0. The van der Waals surface area contributed by atoms with Gasteiger partial charge in [-0.3, -0.25) is 9.59 Å². The SMILES string of the molecule is CCN=C=O.CCNC(=O)OC1=C(c2c(CC)cc(C)cc2CC)C(=O)NC12CCC(C)CC2.CCc1cc(C)cc(CC)c1C1=C(O)C2(CCC(C)CC2)NC1=O. The number of hydrogen-bond acceptors (Lipinski definition) is 7. The number of isocyanates is 1. The number of nitrogens with one attached hydrogen (secondary N) is 3. The number of aliphatic hydroxyl groups is 1. The van der Waals surface area contributed by atoms with Crippen molar-refractivity contribution in [2.45, 2.75) is 157 Å². The fraction of sp³-hybridized carbons (Fsp3) is 0.583. The van der Waals surface area contributed by atoms with Crippen molar-refractivity contribution < 1.29 is 29.0 Å². The van der Waals surface area contributed by atoms with E-state index in [1.165, 1.54) is 17.2 Å². The molecule has 0 radical (unpaired) electrons. The monoisotopic (exact) mass is 797 g/mol. The largest absolute Gasteiger partial charge is 0.509 e. The summed E-state index contributed by atoms with van der Waals surface area (Å²) in [6.07, 6.45) is 11.6. The van der Waals surface area contributed by atoms with Crippen LogP contribution >= 0.6 is 0 Å². The van der Waals surface area contributed by atoms with Gasteiger partial charge in [-0.2, -0.15) is 0 Å². The molecular formula is C48H68N4O6. The van der Waals surface area contributed by atoms with Crippen LogP contribution in [0.1, 0.15) is 151 Å². The molecule has 0 atom stereocenters. The number of carbonyl (C=O) groups excluding carboxylic acids is 4. The second-order valence-electron chi connectivity index (χ2n) is 16.7. The first-order valence-electron chi connectivity index (χ1n) is 21.8. The molecule has 6 rings (SSSR count). The molecule has 4 aliphatic rings. The van der Waals surface area contributed by atoms with Crippen molar-refractivity contribution in [3.63, 3.8) is 0 Å². The number of aliphatic imine (C=N–C) groups is 1. The molecule has 316 valence electrons. The third kappa shape index (κ3) is 9.94. The lowest BCUT2D eigenvalue weighted by Crippen LogP contribution is -2.48. The van der Waals surface area contributed by atoms with Crippen molar-refractivity contribution in [2.24, 2.45) is 16.8 Å². The zero-order chi connectivity index (χ0) is 42.8. The van der Waals surface area contributed by atoms with Gasteiger partial charge in [0.1, 0.15) is 11.5 Å². The molecule has 2 heterocycles. The van der Waals surface area contributed by atoms with Gasteiger partial charge < -0.3 is 25.8 Å². The Morgan fingerprint density at radius 1 is 0.741 bits per heavy atom. The van der Waals surface area contributed by atoms with E-state index in [2.05, 4.69) is 101 Å². The first-order valence-corrected chi connectivity index (χ1v) is 21.8. The van der Waals surface area contributed by atoms with Crippen LogP contribution in [-0.4, -0.2) is 53.3 Å².